The second-order valence-electron chi connectivity index (χ2n) is 4.23. The van der Waals surface area contributed by atoms with Crippen molar-refractivity contribution in [2.75, 3.05) is 0 Å². The molecule has 0 atom stereocenters. The van der Waals surface area contributed by atoms with Crippen molar-refractivity contribution in [2.45, 2.75) is 40.0 Å². The first-order valence-electron chi connectivity index (χ1n) is 5.60. The molecule has 0 saturated carbocycles. The summed E-state index contributed by atoms with van der Waals surface area (Å²) in [6.07, 6.45) is 0.106. The minimum atomic E-state index is -0.544. The summed E-state index contributed by atoms with van der Waals surface area (Å²) in [6.45, 7) is 4.17. The van der Waals surface area contributed by atoms with E-state index in [0.717, 1.165) is 0 Å². The van der Waals surface area contributed by atoms with Gasteiger partial charge in [-0.05, 0) is 11.5 Å². The molecule has 1 aromatic rings. The molecule has 0 fully saturated rings. The molecule has 1 aromatic carbocycles. The van der Waals surface area contributed by atoms with Gasteiger partial charge >= 0.3 is 0 Å². The Hall–Kier alpha value is -1.68. The average molecular weight is 251 g/mol. The first-order chi connectivity index (χ1) is 8.04. The molecule has 0 radical (unpaired) electrons. The number of amides is 1. The van der Waals surface area contributed by atoms with Gasteiger partial charge in [0.15, 0.2) is 5.78 Å². The molecular weight excluding hydrogens is 230 g/mol. The number of hydrogen-bond donors (Lipinski definition) is 2. The van der Waals surface area contributed by atoms with Crippen molar-refractivity contribution in [2.24, 2.45) is 0 Å². The lowest BCUT2D eigenvalue weighted by Gasteiger charge is -2.06. The van der Waals surface area contributed by atoms with Gasteiger partial charge in [0.05, 0.1) is 0 Å². The van der Waals surface area contributed by atoms with E-state index in [9.17, 15) is 9.59 Å². The molecule has 4 heteroatoms. The lowest BCUT2D eigenvalue weighted by molar-refractivity contribution is -0.129. The number of hydrogen-bond acceptors (Lipinski definition) is 3. The molecule has 0 aromatic heterocycles. The van der Waals surface area contributed by atoms with Gasteiger partial charge in [0.2, 0.25) is 5.91 Å². The maximum atomic E-state index is 11.7. The number of carbonyl (C=O) groups excluding carboxylic acids is 2. The monoisotopic (exact) mass is 251 g/mol. The summed E-state index contributed by atoms with van der Waals surface area (Å²) in [6, 6.07) is 7.39. The topological polar surface area (TPSA) is 66.4 Å². The maximum Gasteiger partial charge on any atom is 0.243 e. The summed E-state index contributed by atoms with van der Waals surface area (Å²) in [5, 5.41) is 8.30. The second-order valence-corrected chi connectivity index (χ2v) is 4.23. The first-order valence-corrected chi connectivity index (χ1v) is 5.60. The van der Waals surface area contributed by atoms with Crippen LogP contribution in [0.2, 0.25) is 0 Å². The smallest absolute Gasteiger partial charge is 0.243 e. The minimum absolute atomic E-state index is 0. The number of benzene rings is 1. The van der Waals surface area contributed by atoms with Crippen molar-refractivity contribution < 1.29 is 14.8 Å². The fourth-order valence-electron chi connectivity index (χ4n) is 1.48. The zero-order chi connectivity index (χ0) is 12.8. The Balaban J connectivity index is 0.00000289. The van der Waals surface area contributed by atoms with Crippen LogP contribution in [0, 0.1) is 0 Å². The zero-order valence-corrected chi connectivity index (χ0v) is 10.1. The highest BCUT2D eigenvalue weighted by Gasteiger charge is 2.09. The molecule has 0 heterocycles. The molecule has 18 heavy (non-hydrogen) atoms. The lowest BCUT2D eigenvalue weighted by atomic mass is 9.99. The van der Waals surface area contributed by atoms with E-state index in [1.165, 1.54) is 11.0 Å². The van der Waals surface area contributed by atoms with E-state index in [1.807, 2.05) is 12.1 Å². The van der Waals surface area contributed by atoms with E-state index < -0.39 is 5.91 Å². The van der Waals surface area contributed by atoms with Crippen molar-refractivity contribution in [1.29, 1.82) is 0 Å². The van der Waals surface area contributed by atoms with Gasteiger partial charge in [-0.3, -0.25) is 14.8 Å². The molecule has 2 N–H and O–H groups in total. The summed E-state index contributed by atoms with van der Waals surface area (Å²) >= 11 is 0. The van der Waals surface area contributed by atoms with E-state index in [0.29, 0.717) is 11.5 Å². The van der Waals surface area contributed by atoms with Gasteiger partial charge in [-0.15, -0.1) is 0 Å². The van der Waals surface area contributed by atoms with Gasteiger partial charge in [-0.2, -0.15) is 0 Å². The number of Topliss-reactive ketones (excluding diaryl/α,β-unsaturated/α-hetero) is 1. The van der Waals surface area contributed by atoms with E-state index in [2.05, 4.69) is 13.8 Å². The summed E-state index contributed by atoms with van der Waals surface area (Å²) in [5.41, 5.74) is 3.28. The number of rotatable bonds is 5. The fourth-order valence-corrected chi connectivity index (χ4v) is 1.48. The van der Waals surface area contributed by atoms with Gasteiger partial charge < -0.3 is 0 Å². The first kappa shape index (κ1) is 16.3. The SMILES string of the molecule is C.CC(C)c1ccc(C(=O)CCC(=O)NO)cc1. The van der Waals surface area contributed by atoms with E-state index in [1.54, 1.807) is 12.1 Å². The molecule has 4 nitrogen and oxygen atoms in total. The van der Waals surface area contributed by atoms with Gasteiger partial charge in [-0.25, -0.2) is 5.48 Å². The van der Waals surface area contributed by atoms with Crippen LogP contribution < -0.4 is 5.48 Å². The lowest BCUT2D eigenvalue weighted by Crippen LogP contribution is -2.19. The van der Waals surface area contributed by atoms with Crippen LogP contribution in [0.25, 0.3) is 0 Å². The van der Waals surface area contributed by atoms with E-state index in [4.69, 9.17) is 5.21 Å². The van der Waals surface area contributed by atoms with Crippen molar-refractivity contribution >= 4 is 11.7 Å². The highest BCUT2D eigenvalue weighted by atomic mass is 16.5. The third-order valence-corrected chi connectivity index (χ3v) is 2.60. The zero-order valence-electron chi connectivity index (χ0n) is 10.1. The van der Waals surface area contributed by atoms with Crippen molar-refractivity contribution in [1.82, 2.24) is 5.48 Å². The van der Waals surface area contributed by atoms with Crippen LogP contribution in [0.15, 0.2) is 24.3 Å². The Labute approximate surface area is 108 Å². The molecule has 100 valence electrons. The van der Waals surface area contributed by atoms with Crippen molar-refractivity contribution in [3.8, 4) is 0 Å². The molecule has 0 bridgehead atoms. The van der Waals surface area contributed by atoms with Crippen LogP contribution in [0.1, 0.15) is 56.0 Å². The van der Waals surface area contributed by atoms with Crippen LogP contribution in [0.4, 0.5) is 0 Å². The van der Waals surface area contributed by atoms with Crippen LogP contribution >= 0.6 is 0 Å². The molecule has 0 unspecified atom stereocenters. The predicted molar refractivity (Wildman–Crippen MR) is 70.8 cm³/mol. The van der Waals surface area contributed by atoms with Crippen molar-refractivity contribution in [3.63, 3.8) is 0 Å². The fraction of sp³-hybridized carbons (Fsp3) is 0.429. The number of nitrogens with one attached hydrogen (secondary N) is 1. The molecule has 0 aliphatic carbocycles. The van der Waals surface area contributed by atoms with Gasteiger partial charge in [0, 0.05) is 18.4 Å². The van der Waals surface area contributed by atoms with Crippen LogP contribution in [0.3, 0.4) is 0 Å². The summed E-state index contributed by atoms with van der Waals surface area (Å²) in [4.78, 5) is 22.5. The van der Waals surface area contributed by atoms with Crippen LogP contribution in [-0.2, 0) is 4.79 Å². The second kappa shape index (κ2) is 7.61. The molecule has 0 spiro atoms. The summed E-state index contributed by atoms with van der Waals surface area (Å²) < 4.78 is 0. The Morgan fingerprint density at radius 2 is 1.72 bits per heavy atom. The Kier molecular flexibility index (Phi) is 6.90. The Morgan fingerprint density at radius 3 is 2.17 bits per heavy atom. The van der Waals surface area contributed by atoms with Gasteiger partial charge in [-0.1, -0.05) is 45.5 Å². The molecule has 0 aliphatic rings. The van der Waals surface area contributed by atoms with Crippen molar-refractivity contribution in [3.05, 3.63) is 35.4 Å². The molecule has 1 amide bonds. The van der Waals surface area contributed by atoms with E-state index >= 15 is 0 Å². The van der Waals surface area contributed by atoms with Crippen LogP contribution in [-0.4, -0.2) is 16.9 Å². The Bertz CT molecular complexity index is 396. The standard InChI is InChI=1S/C13H17NO3.CH4/c1-9(2)10-3-5-11(6-4-10)12(15)7-8-13(16)14-17;/h3-6,9,17H,7-8H2,1-2H3,(H,14,16);1H4. The van der Waals surface area contributed by atoms with Gasteiger partial charge in [0.25, 0.3) is 0 Å². The highest BCUT2D eigenvalue weighted by molar-refractivity contribution is 5.97. The molecular formula is C14H21NO3. The average Bonchev–Trinajstić information content (AvgIpc) is 2.35. The molecule has 0 saturated heterocycles. The highest BCUT2D eigenvalue weighted by Crippen LogP contribution is 2.15. The van der Waals surface area contributed by atoms with Gasteiger partial charge in [0.1, 0.15) is 0 Å². The largest absolute Gasteiger partial charge is 0.294 e. The summed E-state index contributed by atoms with van der Waals surface area (Å²) in [7, 11) is 0. The number of carbonyl (C=O) groups is 2. The summed E-state index contributed by atoms with van der Waals surface area (Å²) in [5.74, 6) is -0.208. The third kappa shape index (κ3) is 4.67. The molecule has 0 aliphatic heterocycles. The number of ketones is 1. The quantitative estimate of drug-likeness (QED) is 0.480. The number of hydroxylamine groups is 1. The normalized spacial score (nSPS) is 9.78. The minimum Gasteiger partial charge on any atom is -0.294 e. The predicted octanol–water partition coefficient (Wildman–Crippen LogP) is 2.91. The maximum absolute atomic E-state index is 11.7. The van der Waals surface area contributed by atoms with Crippen LogP contribution in [0.5, 0.6) is 0 Å². The molecule has 1 rings (SSSR count). The van der Waals surface area contributed by atoms with E-state index in [-0.39, 0.29) is 26.1 Å². The Morgan fingerprint density at radius 1 is 1.17 bits per heavy atom. The third-order valence-electron chi connectivity index (χ3n) is 2.60.